The van der Waals surface area contributed by atoms with E-state index in [1.807, 2.05) is 36.4 Å². The van der Waals surface area contributed by atoms with Gasteiger partial charge in [-0.2, -0.15) is 4.68 Å². The molecule has 0 radical (unpaired) electrons. The molecule has 2 aromatic carbocycles. The monoisotopic (exact) mass is 350 g/mol. The molecular weight excluding hydrogens is 332 g/mol. The van der Waals surface area contributed by atoms with Crippen molar-refractivity contribution < 1.29 is 9.53 Å². The van der Waals surface area contributed by atoms with Crippen LogP contribution in [-0.4, -0.2) is 52.4 Å². The second-order valence-corrected chi connectivity index (χ2v) is 5.87. The molecule has 8 nitrogen and oxygen atoms in total. The van der Waals surface area contributed by atoms with Crippen LogP contribution in [0, 0.1) is 0 Å². The van der Waals surface area contributed by atoms with Crippen LogP contribution in [0.15, 0.2) is 54.9 Å². The van der Waals surface area contributed by atoms with Crippen molar-refractivity contribution in [3.8, 4) is 5.69 Å². The topological polar surface area (TPSA) is 85.2 Å². The van der Waals surface area contributed by atoms with Crippen molar-refractivity contribution in [3.05, 3.63) is 60.4 Å². The van der Waals surface area contributed by atoms with Crippen molar-refractivity contribution in [2.75, 3.05) is 36.5 Å². The van der Waals surface area contributed by atoms with Gasteiger partial charge >= 0.3 is 0 Å². The number of rotatable bonds is 4. The normalized spacial score (nSPS) is 14.2. The Hall–Kier alpha value is -3.26. The molecule has 0 bridgehead atoms. The highest BCUT2D eigenvalue weighted by Crippen LogP contribution is 2.20. The van der Waals surface area contributed by atoms with Crippen LogP contribution < -0.4 is 10.2 Å². The van der Waals surface area contributed by atoms with Crippen molar-refractivity contribution in [2.24, 2.45) is 0 Å². The van der Waals surface area contributed by atoms with E-state index in [0.717, 1.165) is 37.7 Å². The van der Waals surface area contributed by atoms with E-state index in [4.69, 9.17) is 4.74 Å². The van der Waals surface area contributed by atoms with Gasteiger partial charge in [-0.25, -0.2) is 0 Å². The summed E-state index contributed by atoms with van der Waals surface area (Å²) in [6, 6.07) is 15.0. The van der Waals surface area contributed by atoms with Gasteiger partial charge in [-0.05, 0) is 46.8 Å². The number of morpholine rings is 1. The van der Waals surface area contributed by atoms with Crippen molar-refractivity contribution in [3.63, 3.8) is 0 Å². The van der Waals surface area contributed by atoms with Crippen LogP contribution in [0.3, 0.4) is 0 Å². The average Bonchev–Trinajstić information content (AvgIpc) is 3.24. The third-order valence-electron chi connectivity index (χ3n) is 4.25. The third-order valence-corrected chi connectivity index (χ3v) is 4.25. The molecule has 0 aliphatic carbocycles. The number of carbonyl (C=O) groups excluding carboxylic acids is 1. The Balaban J connectivity index is 1.50. The van der Waals surface area contributed by atoms with Crippen LogP contribution in [0.5, 0.6) is 0 Å². The van der Waals surface area contributed by atoms with Crippen molar-refractivity contribution in [2.45, 2.75) is 0 Å². The van der Waals surface area contributed by atoms with E-state index in [9.17, 15) is 4.79 Å². The van der Waals surface area contributed by atoms with E-state index in [2.05, 4.69) is 25.7 Å². The van der Waals surface area contributed by atoms with E-state index in [1.165, 1.54) is 11.0 Å². The average molecular weight is 350 g/mol. The summed E-state index contributed by atoms with van der Waals surface area (Å²) in [7, 11) is 0. The molecule has 1 amide bonds. The fourth-order valence-electron chi connectivity index (χ4n) is 2.91. The summed E-state index contributed by atoms with van der Waals surface area (Å²) in [5.41, 5.74) is 2.98. The summed E-state index contributed by atoms with van der Waals surface area (Å²) in [4.78, 5) is 15.0. The van der Waals surface area contributed by atoms with Crippen LogP contribution in [0.1, 0.15) is 10.4 Å². The van der Waals surface area contributed by atoms with E-state index in [1.54, 1.807) is 12.1 Å². The van der Waals surface area contributed by atoms with Gasteiger partial charge in [0.25, 0.3) is 5.91 Å². The molecule has 2 heterocycles. The maximum absolute atomic E-state index is 12.7. The molecule has 132 valence electrons. The Bertz CT molecular complexity index is 873. The molecule has 4 rings (SSSR count). The number of ether oxygens (including phenoxy) is 1. The highest BCUT2D eigenvalue weighted by atomic mass is 16.5. The largest absolute Gasteiger partial charge is 0.378 e. The fourth-order valence-corrected chi connectivity index (χ4v) is 2.91. The van der Waals surface area contributed by atoms with Crippen LogP contribution in [0.2, 0.25) is 0 Å². The Morgan fingerprint density at radius 1 is 1.04 bits per heavy atom. The van der Waals surface area contributed by atoms with Gasteiger partial charge in [-0.15, -0.1) is 5.10 Å². The van der Waals surface area contributed by atoms with E-state index < -0.39 is 0 Å². The van der Waals surface area contributed by atoms with E-state index in [-0.39, 0.29) is 5.91 Å². The number of nitrogens with one attached hydrogen (secondary N) is 1. The standard InChI is InChI=1S/C18H18N6O2/c25-18(16-3-1-2-4-17(16)24-13-19-21-22-24)20-14-5-7-15(8-6-14)23-9-11-26-12-10-23/h1-8,13H,9-12H2,(H,20,25). The van der Waals surface area contributed by atoms with Crippen LogP contribution in [0.25, 0.3) is 5.69 Å². The number of nitrogens with zero attached hydrogens (tertiary/aromatic N) is 5. The van der Waals surface area contributed by atoms with E-state index in [0.29, 0.717) is 11.3 Å². The summed E-state index contributed by atoms with van der Waals surface area (Å²) >= 11 is 0. The molecule has 0 spiro atoms. The minimum Gasteiger partial charge on any atom is -0.378 e. The first kappa shape index (κ1) is 16.2. The molecule has 3 aromatic rings. The fraction of sp³-hybridized carbons (Fsp3) is 0.222. The minimum atomic E-state index is -0.213. The van der Waals surface area contributed by atoms with Gasteiger partial charge in [0, 0.05) is 24.5 Å². The number of hydrogen-bond acceptors (Lipinski definition) is 6. The van der Waals surface area contributed by atoms with E-state index >= 15 is 0 Å². The maximum Gasteiger partial charge on any atom is 0.257 e. The number of carbonyl (C=O) groups is 1. The zero-order chi connectivity index (χ0) is 17.8. The maximum atomic E-state index is 12.7. The molecular formula is C18H18N6O2. The first-order valence-corrected chi connectivity index (χ1v) is 8.38. The molecule has 1 fully saturated rings. The molecule has 0 unspecified atom stereocenters. The number of hydrogen-bond donors (Lipinski definition) is 1. The first-order valence-electron chi connectivity index (χ1n) is 8.38. The second-order valence-electron chi connectivity index (χ2n) is 5.87. The lowest BCUT2D eigenvalue weighted by Gasteiger charge is -2.28. The van der Waals surface area contributed by atoms with Crippen LogP contribution in [0.4, 0.5) is 11.4 Å². The minimum absolute atomic E-state index is 0.213. The van der Waals surface area contributed by atoms with Gasteiger partial charge in [0.2, 0.25) is 0 Å². The summed E-state index contributed by atoms with van der Waals surface area (Å²) in [6.45, 7) is 3.24. The lowest BCUT2D eigenvalue weighted by Crippen LogP contribution is -2.36. The molecule has 0 atom stereocenters. The van der Waals surface area contributed by atoms with Crippen molar-refractivity contribution in [1.29, 1.82) is 0 Å². The highest BCUT2D eigenvalue weighted by molar-refractivity contribution is 6.06. The zero-order valence-corrected chi connectivity index (χ0v) is 14.1. The quantitative estimate of drug-likeness (QED) is 0.772. The highest BCUT2D eigenvalue weighted by Gasteiger charge is 2.14. The molecule has 1 aromatic heterocycles. The van der Waals surface area contributed by atoms with Gasteiger partial charge < -0.3 is 15.0 Å². The second kappa shape index (κ2) is 7.32. The molecule has 26 heavy (non-hydrogen) atoms. The lowest BCUT2D eigenvalue weighted by molar-refractivity contribution is 0.102. The van der Waals surface area contributed by atoms with Crippen LogP contribution in [-0.2, 0) is 4.74 Å². The number of amides is 1. The Morgan fingerprint density at radius 3 is 2.54 bits per heavy atom. The first-order chi connectivity index (χ1) is 12.8. The number of benzene rings is 2. The summed E-state index contributed by atoms with van der Waals surface area (Å²) in [6.07, 6.45) is 1.46. The Labute approximate surface area is 150 Å². The summed E-state index contributed by atoms with van der Waals surface area (Å²) in [5.74, 6) is -0.213. The summed E-state index contributed by atoms with van der Waals surface area (Å²) < 4.78 is 6.84. The van der Waals surface area contributed by atoms with Gasteiger partial charge in [0.15, 0.2) is 0 Å². The van der Waals surface area contributed by atoms with Crippen LogP contribution >= 0.6 is 0 Å². The number of anilines is 2. The number of para-hydroxylation sites is 1. The number of tetrazole rings is 1. The predicted octanol–water partition coefficient (Wildman–Crippen LogP) is 1.75. The molecule has 0 saturated carbocycles. The molecule has 1 N–H and O–H groups in total. The zero-order valence-electron chi connectivity index (χ0n) is 14.1. The number of aromatic nitrogens is 4. The lowest BCUT2D eigenvalue weighted by atomic mass is 10.1. The molecule has 1 aliphatic heterocycles. The Morgan fingerprint density at radius 2 is 1.81 bits per heavy atom. The smallest absolute Gasteiger partial charge is 0.257 e. The SMILES string of the molecule is O=C(Nc1ccc(N2CCOCC2)cc1)c1ccccc1-n1cnnn1. The molecule has 8 heteroatoms. The van der Waals surface area contributed by atoms with Gasteiger partial charge in [-0.1, -0.05) is 12.1 Å². The summed E-state index contributed by atoms with van der Waals surface area (Å²) in [5, 5.41) is 14.0. The van der Waals surface area contributed by atoms with Gasteiger partial charge in [-0.3, -0.25) is 4.79 Å². The van der Waals surface area contributed by atoms with Gasteiger partial charge in [0.1, 0.15) is 6.33 Å². The third kappa shape index (κ3) is 3.40. The van der Waals surface area contributed by atoms with Gasteiger partial charge in [0.05, 0.1) is 24.5 Å². The molecule has 1 aliphatic rings. The van der Waals surface area contributed by atoms with Crippen molar-refractivity contribution >= 4 is 17.3 Å². The molecule has 1 saturated heterocycles. The Kier molecular flexibility index (Phi) is 4.57. The van der Waals surface area contributed by atoms with Crippen molar-refractivity contribution in [1.82, 2.24) is 20.2 Å². The predicted molar refractivity (Wildman–Crippen MR) is 96.6 cm³/mol.